The summed E-state index contributed by atoms with van der Waals surface area (Å²) in [4.78, 5) is 8.05. The third-order valence-electron chi connectivity index (χ3n) is 5.41. The number of aryl methyl sites for hydroxylation is 2. The van der Waals surface area contributed by atoms with Crippen LogP contribution >= 0.6 is 0 Å². The van der Waals surface area contributed by atoms with Gasteiger partial charge in [0.2, 0.25) is 5.89 Å². The molecule has 0 aliphatic rings. The normalized spacial score (nSPS) is 13.8. The van der Waals surface area contributed by atoms with Crippen LogP contribution in [0.1, 0.15) is 41.5 Å². The zero-order chi connectivity index (χ0) is 23.8. The van der Waals surface area contributed by atoms with Crippen molar-refractivity contribution in [1.82, 2.24) is 24.7 Å². The van der Waals surface area contributed by atoms with E-state index in [1.54, 1.807) is 30.0 Å². The van der Waals surface area contributed by atoms with Crippen molar-refractivity contribution < 1.29 is 22.4 Å². The number of hydrogen-bond acceptors (Lipinski definition) is 7. The van der Waals surface area contributed by atoms with E-state index in [9.17, 15) is 13.2 Å². The van der Waals surface area contributed by atoms with Gasteiger partial charge in [0.05, 0.1) is 13.3 Å². The van der Waals surface area contributed by atoms with Gasteiger partial charge in [-0.3, -0.25) is 0 Å². The number of hydrogen-bond donors (Lipinski definition) is 1. The Bertz CT molecular complexity index is 1270. The summed E-state index contributed by atoms with van der Waals surface area (Å²) in [5, 5.41) is 10.7. The first-order valence-electron chi connectivity index (χ1n) is 10.3. The number of ether oxygens (including phenoxy) is 1. The van der Waals surface area contributed by atoms with Crippen LogP contribution in [0.3, 0.4) is 0 Å². The predicted molar refractivity (Wildman–Crippen MR) is 114 cm³/mol. The van der Waals surface area contributed by atoms with Gasteiger partial charge in [0, 0.05) is 17.8 Å². The van der Waals surface area contributed by atoms with E-state index in [1.165, 1.54) is 0 Å². The summed E-state index contributed by atoms with van der Waals surface area (Å²) in [5.41, 5.74) is 3.37. The summed E-state index contributed by atoms with van der Waals surface area (Å²) in [6.45, 7) is 5.69. The van der Waals surface area contributed by atoms with Gasteiger partial charge in [0.25, 0.3) is 5.82 Å². The number of alkyl halides is 3. The molecule has 0 fully saturated rings. The largest absolute Gasteiger partial charge is 0.497 e. The van der Waals surface area contributed by atoms with Gasteiger partial charge in [-0.2, -0.15) is 27.8 Å². The Morgan fingerprint density at radius 2 is 1.94 bits per heavy atom. The summed E-state index contributed by atoms with van der Waals surface area (Å²) in [5.74, 6) is -0.406. The highest BCUT2D eigenvalue weighted by molar-refractivity contribution is 5.49. The second-order valence-corrected chi connectivity index (χ2v) is 7.93. The van der Waals surface area contributed by atoms with Gasteiger partial charge in [0.1, 0.15) is 17.6 Å². The molecule has 0 aliphatic carbocycles. The van der Waals surface area contributed by atoms with Gasteiger partial charge in [-0.05, 0) is 49.4 Å². The van der Waals surface area contributed by atoms with Crippen molar-refractivity contribution in [2.24, 2.45) is 5.92 Å². The van der Waals surface area contributed by atoms with E-state index in [-0.39, 0.29) is 11.8 Å². The van der Waals surface area contributed by atoms with Gasteiger partial charge in [0.15, 0.2) is 5.65 Å². The molecule has 0 radical (unpaired) electrons. The van der Waals surface area contributed by atoms with Crippen LogP contribution < -0.4 is 10.1 Å². The SMILES string of the molecule is COc1ccc(CC(C)C(Nc2cc(C)nc3ccnn23)c2nc(C(F)(F)F)no2)c(C)c1. The lowest BCUT2D eigenvalue weighted by Gasteiger charge is -2.24. The first-order chi connectivity index (χ1) is 15.7. The Labute approximate surface area is 187 Å². The molecule has 0 spiro atoms. The van der Waals surface area contributed by atoms with Crippen molar-refractivity contribution in [3.63, 3.8) is 0 Å². The molecule has 1 N–H and O–H groups in total. The summed E-state index contributed by atoms with van der Waals surface area (Å²) in [6, 6.07) is 8.50. The van der Waals surface area contributed by atoms with Gasteiger partial charge < -0.3 is 14.6 Å². The zero-order valence-corrected chi connectivity index (χ0v) is 18.5. The fourth-order valence-corrected chi connectivity index (χ4v) is 3.71. The molecule has 1 aromatic carbocycles. The maximum absolute atomic E-state index is 13.1. The minimum atomic E-state index is -4.70. The molecule has 174 valence electrons. The molecule has 11 heteroatoms. The number of anilines is 1. The van der Waals surface area contributed by atoms with E-state index < -0.39 is 18.0 Å². The molecule has 0 aliphatic heterocycles. The maximum Gasteiger partial charge on any atom is 0.455 e. The van der Waals surface area contributed by atoms with E-state index >= 15 is 0 Å². The number of fused-ring (bicyclic) bond motifs is 1. The van der Waals surface area contributed by atoms with Crippen molar-refractivity contribution in [1.29, 1.82) is 0 Å². The van der Waals surface area contributed by atoms with Crippen LogP contribution in [-0.4, -0.2) is 31.8 Å². The molecule has 8 nitrogen and oxygen atoms in total. The van der Waals surface area contributed by atoms with E-state index in [2.05, 4.69) is 25.5 Å². The molecule has 2 atom stereocenters. The summed E-state index contributed by atoms with van der Waals surface area (Å²) < 4.78 is 51.3. The van der Waals surface area contributed by atoms with Gasteiger partial charge in [-0.15, -0.1) is 0 Å². The molecule has 4 rings (SSSR count). The molecule has 2 unspecified atom stereocenters. The number of halogens is 3. The molecular formula is C22H23F3N6O2. The number of benzene rings is 1. The summed E-state index contributed by atoms with van der Waals surface area (Å²) in [7, 11) is 1.59. The monoisotopic (exact) mass is 460 g/mol. The Hall–Kier alpha value is -3.63. The van der Waals surface area contributed by atoms with Crippen LogP contribution in [0.5, 0.6) is 5.75 Å². The Kier molecular flexibility index (Phi) is 5.96. The van der Waals surface area contributed by atoms with Crippen molar-refractivity contribution in [3.05, 3.63) is 65.1 Å². The molecular weight excluding hydrogens is 437 g/mol. The average Bonchev–Trinajstić information content (AvgIpc) is 3.42. The lowest BCUT2D eigenvalue weighted by Crippen LogP contribution is -2.23. The summed E-state index contributed by atoms with van der Waals surface area (Å²) >= 11 is 0. The third-order valence-corrected chi connectivity index (χ3v) is 5.41. The van der Waals surface area contributed by atoms with Crippen molar-refractivity contribution in [2.45, 2.75) is 39.4 Å². The second kappa shape index (κ2) is 8.72. The van der Waals surface area contributed by atoms with Gasteiger partial charge in [-0.1, -0.05) is 18.1 Å². The molecule has 0 bridgehead atoms. The van der Waals surface area contributed by atoms with Crippen LogP contribution in [-0.2, 0) is 12.6 Å². The van der Waals surface area contributed by atoms with Crippen molar-refractivity contribution >= 4 is 11.5 Å². The number of aromatic nitrogens is 5. The van der Waals surface area contributed by atoms with E-state index in [0.717, 1.165) is 22.6 Å². The van der Waals surface area contributed by atoms with Gasteiger partial charge >= 0.3 is 6.18 Å². The smallest absolute Gasteiger partial charge is 0.455 e. The Balaban J connectivity index is 1.70. The molecule has 3 aromatic heterocycles. The van der Waals surface area contributed by atoms with Gasteiger partial charge in [-0.25, -0.2) is 4.98 Å². The lowest BCUT2D eigenvalue weighted by molar-refractivity contribution is -0.146. The maximum atomic E-state index is 13.1. The van der Waals surface area contributed by atoms with Crippen LogP contribution in [0.15, 0.2) is 41.1 Å². The topological polar surface area (TPSA) is 90.4 Å². The Morgan fingerprint density at radius 1 is 1.15 bits per heavy atom. The standard InChI is InChI=1S/C22H23F3N6O2/c1-12-10-16(32-4)6-5-15(12)9-13(2)19(20-29-21(30-33-20)22(23,24)25)28-18-11-14(3)27-17-7-8-26-31(17)18/h5-8,10-11,13,19,28H,9H2,1-4H3. The molecule has 0 amide bonds. The fraction of sp³-hybridized carbons (Fsp3) is 0.364. The minimum Gasteiger partial charge on any atom is -0.497 e. The quantitative estimate of drug-likeness (QED) is 0.424. The van der Waals surface area contributed by atoms with Crippen molar-refractivity contribution in [2.75, 3.05) is 12.4 Å². The highest BCUT2D eigenvalue weighted by Gasteiger charge is 2.39. The highest BCUT2D eigenvalue weighted by atomic mass is 19.4. The molecule has 0 saturated heterocycles. The lowest BCUT2D eigenvalue weighted by atomic mass is 9.91. The van der Waals surface area contributed by atoms with Crippen molar-refractivity contribution in [3.8, 4) is 5.75 Å². The molecule has 0 saturated carbocycles. The van der Waals surface area contributed by atoms with Crippen LogP contribution in [0, 0.1) is 19.8 Å². The Morgan fingerprint density at radius 3 is 2.61 bits per heavy atom. The molecule has 3 heterocycles. The minimum absolute atomic E-state index is 0.157. The number of nitrogens with zero attached hydrogens (tertiary/aromatic N) is 5. The number of rotatable bonds is 7. The average molecular weight is 460 g/mol. The predicted octanol–water partition coefficient (Wildman–Crippen LogP) is 4.79. The third kappa shape index (κ3) is 4.76. The fourth-order valence-electron chi connectivity index (χ4n) is 3.71. The number of methoxy groups -OCH3 is 1. The number of nitrogens with one attached hydrogen (secondary N) is 1. The highest BCUT2D eigenvalue weighted by Crippen LogP contribution is 2.33. The molecule has 33 heavy (non-hydrogen) atoms. The summed E-state index contributed by atoms with van der Waals surface area (Å²) in [6.07, 6.45) is -2.56. The molecule has 4 aromatic rings. The first kappa shape index (κ1) is 22.6. The zero-order valence-electron chi connectivity index (χ0n) is 18.5. The van der Waals surface area contributed by atoms with E-state index in [1.807, 2.05) is 39.0 Å². The van der Waals surface area contributed by atoms with Crippen LogP contribution in [0.25, 0.3) is 5.65 Å². The second-order valence-electron chi connectivity index (χ2n) is 7.93. The first-order valence-corrected chi connectivity index (χ1v) is 10.3. The van der Waals surface area contributed by atoms with Crippen LogP contribution in [0.4, 0.5) is 19.0 Å². The van der Waals surface area contributed by atoms with Crippen LogP contribution in [0.2, 0.25) is 0 Å². The van der Waals surface area contributed by atoms with E-state index in [4.69, 9.17) is 9.26 Å². The van der Waals surface area contributed by atoms with E-state index in [0.29, 0.717) is 17.9 Å².